The number of rotatable bonds is 5. The van der Waals surface area contributed by atoms with Crippen molar-refractivity contribution in [3.8, 4) is 0 Å². The normalized spacial score (nSPS) is 10.9. The van der Waals surface area contributed by atoms with Crippen molar-refractivity contribution in [2.45, 2.75) is 34.2 Å². The van der Waals surface area contributed by atoms with E-state index in [2.05, 4.69) is 43.1 Å². The molecule has 0 bridgehead atoms. The van der Waals surface area contributed by atoms with Crippen molar-refractivity contribution in [3.05, 3.63) is 52.8 Å². The van der Waals surface area contributed by atoms with Gasteiger partial charge >= 0.3 is 0 Å². The third kappa shape index (κ3) is 3.94. The van der Waals surface area contributed by atoms with Crippen LogP contribution in [-0.2, 0) is 6.54 Å². The van der Waals surface area contributed by atoms with Crippen molar-refractivity contribution < 1.29 is 4.79 Å². The molecule has 0 spiro atoms. The monoisotopic (exact) mass is 285 g/mol. The third-order valence-corrected chi connectivity index (χ3v) is 3.42. The smallest absolute Gasteiger partial charge is 0.274 e. The van der Waals surface area contributed by atoms with Crippen LogP contribution in [-0.4, -0.2) is 27.5 Å². The summed E-state index contributed by atoms with van der Waals surface area (Å²) in [5.74, 6) is 0.398. The molecule has 0 unspecified atom stereocenters. The lowest BCUT2D eigenvalue weighted by atomic mass is 10.1. The second-order valence-electron chi connectivity index (χ2n) is 5.94. The first kappa shape index (κ1) is 15.3. The summed E-state index contributed by atoms with van der Waals surface area (Å²) in [5, 5.41) is 6.93. The number of H-pyrrole nitrogens is 1. The van der Waals surface area contributed by atoms with Crippen LogP contribution in [0.5, 0.6) is 0 Å². The molecule has 1 heterocycles. The van der Waals surface area contributed by atoms with Gasteiger partial charge in [0.05, 0.1) is 0 Å². The summed E-state index contributed by atoms with van der Waals surface area (Å²) < 4.78 is 0. The van der Waals surface area contributed by atoms with Gasteiger partial charge in [0.1, 0.15) is 5.69 Å². The zero-order valence-corrected chi connectivity index (χ0v) is 13.2. The van der Waals surface area contributed by atoms with E-state index in [1.165, 1.54) is 11.1 Å². The van der Waals surface area contributed by atoms with Gasteiger partial charge in [-0.05, 0) is 37.0 Å². The molecule has 21 heavy (non-hydrogen) atoms. The van der Waals surface area contributed by atoms with Gasteiger partial charge in [-0.2, -0.15) is 5.10 Å². The van der Waals surface area contributed by atoms with Gasteiger partial charge in [0, 0.05) is 18.8 Å². The first-order chi connectivity index (χ1) is 9.97. The maximum absolute atomic E-state index is 12.7. The number of nitrogens with one attached hydrogen (secondary N) is 1. The lowest BCUT2D eigenvalue weighted by Gasteiger charge is -2.24. The van der Waals surface area contributed by atoms with Crippen LogP contribution in [0, 0.1) is 19.8 Å². The van der Waals surface area contributed by atoms with Crippen molar-refractivity contribution in [2.24, 2.45) is 5.92 Å². The molecule has 0 saturated carbocycles. The number of aromatic nitrogens is 2. The first-order valence-electron chi connectivity index (χ1n) is 7.33. The Kier molecular flexibility index (Phi) is 4.78. The van der Waals surface area contributed by atoms with Crippen molar-refractivity contribution in [1.82, 2.24) is 15.1 Å². The highest BCUT2D eigenvalue weighted by Crippen LogP contribution is 2.14. The molecule has 2 rings (SSSR count). The van der Waals surface area contributed by atoms with Gasteiger partial charge in [0.15, 0.2) is 0 Å². The van der Waals surface area contributed by atoms with Gasteiger partial charge < -0.3 is 4.90 Å². The number of carbonyl (C=O) groups excluding carboxylic acids is 1. The zero-order valence-electron chi connectivity index (χ0n) is 13.2. The van der Waals surface area contributed by atoms with E-state index in [4.69, 9.17) is 0 Å². The molecule has 0 saturated heterocycles. The van der Waals surface area contributed by atoms with E-state index in [9.17, 15) is 4.79 Å². The second kappa shape index (κ2) is 6.57. The first-order valence-corrected chi connectivity index (χ1v) is 7.33. The van der Waals surface area contributed by atoms with Crippen LogP contribution in [0.3, 0.4) is 0 Å². The summed E-state index contributed by atoms with van der Waals surface area (Å²) in [4.78, 5) is 14.5. The Morgan fingerprint density at radius 3 is 2.57 bits per heavy atom. The highest BCUT2D eigenvalue weighted by atomic mass is 16.2. The molecule has 0 aliphatic rings. The lowest BCUT2D eigenvalue weighted by Crippen LogP contribution is -2.34. The van der Waals surface area contributed by atoms with Crippen LogP contribution in [0.25, 0.3) is 0 Å². The minimum Gasteiger partial charge on any atom is -0.333 e. The van der Waals surface area contributed by atoms with Gasteiger partial charge in [0.2, 0.25) is 0 Å². The van der Waals surface area contributed by atoms with Crippen LogP contribution in [0.15, 0.2) is 30.3 Å². The molecule has 2 aromatic rings. The van der Waals surface area contributed by atoms with E-state index in [0.717, 1.165) is 12.2 Å². The van der Waals surface area contributed by atoms with Gasteiger partial charge in [-0.3, -0.25) is 9.89 Å². The number of carbonyl (C=O) groups is 1. The minimum absolute atomic E-state index is 0.0173. The van der Waals surface area contributed by atoms with E-state index in [0.29, 0.717) is 18.2 Å². The zero-order chi connectivity index (χ0) is 15.4. The molecular formula is C17H23N3O. The number of benzene rings is 1. The Morgan fingerprint density at radius 2 is 2.00 bits per heavy atom. The fourth-order valence-electron chi connectivity index (χ4n) is 2.34. The van der Waals surface area contributed by atoms with Gasteiger partial charge in [-0.1, -0.05) is 38.1 Å². The summed E-state index contributed by atoms with van der Waals surface area (Å²) in [6.45, 7) is 9.56. The van der Waals surface area contributed by atoms with Crippen LogP contribution in [0.2, 0.25) is 0 Å². The Hall–Kier alpha value is -2.10. The van der Waals surface area contributed by atoms with E-state index < -0.39 is 0 Å². The summed E-state index contributed by atoms with van der Waals surface area (Å²) in [6, 6.07) is 9.98. The lowest BCUT2D eigenvalue weighted by molar-refractivity contribution is 0.0716. The SMILES string of the molecule is Cc1cc(C(=O)N(Cc2ccccc2C)CC(C)C)n[nH]1. The number of nitrogens with zero attached hydrogens (tertiary/aromatic N) is 2. The molecule has 1 aromatic carbocycles. The second-order valence-corrected chi connectivity index (χ2v) is 5.94. The standard InChI is InChI=1S/C17H23N3O/c1-12(2)10-20(11-15-8-6-5-7-13(15)3)17(21)16-9-14(4)18-19-16/h5-9,12H,10-11H2,1-4H3,(H,18,19). The Morgan fingerprint density at radius 1 is 1.29 bits per heavy atom. The van der Waals surface area contributed by atoms with Crippen LogP contribution >= 0.6 is 0 Å². The summed E-state index contributed by atoms with van der Waals surface area (Å²) in [6.07, 6.45) is 0. The van der Waals surface area contributed by atoms with Crippen molar-refractivity contribution in [3.63, 3.8) is 0 Å². The third-order valence-electron chi connectivity index (χ3n) is 3.42. The number of hydrogen-bond donors (Lipinski definition) is 1. The Labute approximate surface area is 126 Å². The molecule has 0 fully saturated rings. The molecule has 112 valence electrons. The van der Waals surface area contributed by atoms with Gasteiger partial charge in [-0.25, -0.2) is 0 Å². The molecule has 1 N–H and O–H groups in total. The summed E-state index contributed by atoms with van der Waals surface area (Å²) >= 11 is 0. The fourth-order valence-corrected chi connectivity index (χ4v) is 2.34. The van der Waals surface area contributed by atoms with Gasteiger partial charge in [0.25, 0.3) is 5.91 Å². The molecule has 4 nitrogen and oxygen atoms in total. The van der Waals surface area contributed by atoms with E-state index >= 15 is 0 Å². The topological polar surface area (TPSA) is 49.0 Å². The maximum atomic E-state index is 12.7. The molecule has 0 aliphatic heterocycles. The fraction of sp³-hybridized carbons (Fsp3) is 0.412. The average Bonchev–Trinajstić information content (AvgIpc) is 2.86. The largest absolute Gasteiger partial charge is 0.333 e. The molecule has 0 radical (unpaired) electrons. The average molecular weight is 285 g/mol. The molecule has 0 atom stereocenters. The number of aromatic amines is 1. The number of hydrogen-bond acceptors (Lipinski definition) is 2. The highest BCUT2D eigenvalue weighted by molar-refractivity contribution is 5.92. The molecule has 1 amide bonds. The predicted molar refractivity (Wildman–Crippen MR) is 84.1 cm³/mol. The van der Waals surface area contributed by atoms with Crippen molar-refractivity contribution >= 4 is 5.91 Å². The number of aryl methyl sites for hydroxylation is 2. The molecular weight excluding hydrogens is 262 g/mol. The van der Waals surface area contributed by atoms with Crippen LogP contribution in [0.4, 0.5) is 0 Å². The quantitative estimate of drug-likeness (QED) is 0.916. The van der Waals surface area contributed by atoms with Gasteiger partial charge in [-0.15, -0.1) is 0 Å². The van der Waals surface area contributed by atoms with Crippen LogP contribution < -0.4 is 0 Å². The highest BCUT2D eigenvalue weighted by Gasteiger charge is 2.20. The van der Waals surface area contributed by atoms with E-state index in [1.54, 1.807) is 6.07 Å². The molecule has 0 aliphatic carbocycles. The molecule has 4 heteroatoms. The minimum atomic E-state index is -0.0173. The van der Waals surface area contributed by atoms with Crippen molar-refractivity contribution in [2.75, 3.05) is 6.54 Å². The van der Waals surface area contributed by atoms with Crippen LogP contribution in [0.1, 0.15) is 41.2 Å². The Balaban J connectivity index is 2.22. The summed E-state index contributed by atoms with van der Waals surface area (Å²) in [5.41, 5.74) is 3.77. The Bertz CT molecular complexity index is 616. The predicted octanol–water partition coefficient (Wildman–Crippen LogP) is 3.32. The summed E-state index contributed by atoms with van der Waals surface area (Å²) in [7, 11) is 0. The number of amides is 1. The maximum Gasteiger partial charge on any atom is 0.274 e. The molecule has 1 aromatic heterocycles. The van der Waals surface area contributed by atoms with E-state index in [-0.39, 0.29) is 5.91 Å². The van der Waals surface area contributed by atoms with Crippen molar-refractivity contribution in [1.29, 1.82) is 0 Å². The van der Waals surface area contributed by atoms with E-state index in [1.807, 2.05) is 24.0 Å².